The molecule has 1 heterocycles. The molecule has 5 aromatic rings. The Balaban J connectivity index is 1.23. The molecule has 1 N–H and O–H groups in total. The number of carboxylic acids is 1. The second-order valence-electron chi connectivity index (χ2n) is 8.28. The van der Waals surface area contributed by atoms with Gasteiger partial charge in [-0.1, -0.05) is 42.5 Å². The predicted molar refractivity (Wildman–Crippen MR) is 141 cm³/mol. The van der Waals surface area contributed by atoms with Gasteiger partial charge in [0.25, 0.3) is 0 Å². The highest BCUT2D eigenvalue weighted by atomic mass is 16.5. The number of fused-ring (bicyclic) bond motifs is 2. The zero-order chi connectivity index (χ0) is 24.9. The number of benzene rings is 4. The van der Waals surface area contributed by atoms with Crippen molar-refractivity contribution in [2.24, 2.45) is 0 Å². The van der Waals surface area contributed by atoms with Crippen LogP contribution in [0.4, 0.5) is 0 Å². The first-order chi connectivity index (χ1) is 17.6. The van der Waals surface area contributed by atoms with Gasteiger partial charge < -0.3 is 23.9 Å². The Morgan fingerprint density at radius 2 is 1.56 bits per heavy atom. The fraction of sp³-hybridized carbons (Fsp3) is 0.100. The van der Waals surface area contributed by atoms with Gasteiger partial charge in [0.15, 0.2) is 0 Å². The molecular weight excluding hydrogens is 454 g/mol. The minimum Gasteiger partial charge on any atom is -0.497 e. The van der Waals surface area contributed by atoms with Crippen LogP contribution in [0.5, 0.6) is 17.2 Å². The quantitative estimate of drug-likeness (QED) is 0.196. The number of carboxylic acid groups (broad SMARTS) is 1. The summed E-state index contributed by atoms with van der Waals surface area (Å²) in [5.74, 6) is 0.713. The summed E-state index contributed by atoms with van der Waals surface area (Å²) in [5.41, 5.74) is 1.82. The molecule has 0 radical (unpaired) electrons. The standard InChI is InChI=1S/C30H25NO5/c1-34-26-12-13-28-24(20-26)14-15-31(28)16-17-35-25-9-6-21(7-10-25)18-29(30(32)33)36-27-11-8-22-4-2-3-5-23(22)19-27/h2-15,18-20H,16-17H2,1H3,(H,32,33)/b29-18-. The second-order valence-corrected chi connectivity index (χ2v) is 8.28. The topological polar surface area (TPSA) is 69.9 Å². The van der Waals surface area contributed by atoms with Gasteiger partial charge in [0, 0.05) is 17.1 Å². The van der Waals surface area contributed by atoms with Gasteiger partial charge in [0.05, 0.1) is 13.7 Å². The van der Waals surface area contributed by atoms with Crippen molar-refractivity contribution >= 4 is 33.7 Å². The maximum Gasteiger partial charge on any atom is 0.371 e. The van der Waals surface area contributed by atoms with E-state index >= 15 is 0 Å². The van der Waals surface area contributed by atoms with Crippen LogP contribution in [0.15, 0.2) is 103 Å². The number of carbonyl (C=O) groups is 1. The van der Waals surface area contributed by atoms with E-state index in [0.29, 0.717) is 30.2 Å². The SMILES string of the molecule is COc1ccc2c(ccn2CCOc2ccc(/C=C(\Oc3ccc4ccccc4c3)C(=O)O)cc2)c1. The lowest BCUT2D eigenvalue weighted by Gasteiger charge is -2.10. The van der Waals surface area contributed by atoms with Crippen molar-refractivity contribution in [2.75, 3.05) is 13.7 Å². The van der Waals surface area contributed by atoms with E-state index in [0.717, 1.165) is 27.4 Å². The van der Waals surface area contributed by atoms with Gasteiger partial charge in [-0.3, -0.25) is 0 Å². The zero-order valence-corrected chi connectivity index (χ0v) is 19.8. The molecule has 6 nitrogen and oxygen atoms in total. The fourth-order valence-electron chi connectivity index (χ4n) is 4.07. The van der Waals surface area contributed by atoms with Crippen LogP contribution in [0.2, 0.25) is 0 Å². The summed E-state index contributed by atoms with van der Waals surface area (Å²) in [6.07, 6.45) is 3.53. The normalized spacial score (nSPS) is 11.5. The van der Waals surface area contributed by atoms with E-state index in [1.54, 1.807) is 25.3 Å². The molecule has 0 fully saturated rings. The third-order valence-corrected chi connectivity index (χ3v) is 5.92. The first kappa shape index (κ1) is 23.1. The van der Waals surface area contributed by atoms with Gasteiger partial charge in [-0.25, -0.2) is 4.79 Å². The Hall–Kier alpha value is -4.71. The van der Waals surface area contributed by atoms with Gasteiger partial charge >= 0.3 is 5.97 Å². The average Bonchev–Trinajstić information content (AvgIpc) is 3.31. The van der Waals surface area contributed by atoms with Crippen molar-refractivity contribution in [3.05, 3.63) is 109 Å². The molecular formula is C30H25NO5. The van der Waals surface area contributed by atoms with Crippen LogP contribution in [0.3, 0.4) is 0 Å². The van der Waals surface area contributed by atoms with Crippen LogP contribution in [-0.2, 0) is 11.3 Å². The summed E-state index contributed by atoms with van der Waals surface area (Å²) in [4.78, 5) is 11.8. The van der Waals surface area contributed by atoms with Gasteiger partial charge in [-0.05, 0) is 70.9 Å². The van der Waals surface area contributed by atoms with Crippen LogP contribution in [0.25, 0.3) is 27.8 Å². The Labute approximate surface area is 208 Å². The molecule has 0 spiro atoms. The molecule has 0 unspecified atom stereocenters. The lowest BCUT2D eigenvalue weighted by molar-refractivity contribution is -0.134. The monoisotopic (exact) mass is 479 g/mol. The second kappa shape index (κ2) is 10.3. The van der Waals surface area contributed by atoms with E-state index in [9.17, 15) is 9.90 Å². The van der Waals surface area contributed by atoms with Crippen molar-refractivity contribution in [1.29, 1.82) is 0 Å². The highest BCUT2D eigenvalue weighted by molar-refractivity contribution is 5.91. The van der Waals surface area contributed by atoms with Crippen molar-refractivity contribution in [3.8, 4) is 17.2 Å². The Bertz CT molecular complexity index is 1550. The number of rotatable bonds is 9. The van der Waals surface area contributed by atoms with Crippen LogP contribution >= 0.6 is 0 Å². The molecule has 6 heteroatoms. The van der Waals surface area contributed by atoms with Gasteiger partial charge in [0.2, 0.25) is 5.76 Å². The Morgan fingerprint density at radius 1 is 0.833 bits per heavy atom. The van der Waals surface area contributed by atoms with Crippen molar-refractivity contribution in [1.82, 2.24) is 4.57 Å². The first-order valence-corrected chi connectivity index (χ1v) is 11.6. The molecule has 0 saturated heterocycles. The number of aromatic nitrogens is 1. The fourth-order valence-corrected chi connectivity index (χ4v) is 4.07. The third-order valence-electron chi connectivity index (χ3n) is 5.92. The van der Waals surface area contributed by atoms with Crippen molar-refractivity contribution in [2.45, 2.75) is 6.54 Å². The number of methoxy groups -OCH3 is 1. The van der Waals surface area contributed by atoms with E-state index in [2.05, 4.69) is 10.6 Å². The van der Waals surface area contributed by atoms with Crippen molar-refractivity contribution < 1.29 is 24.1 Å². The predicted octanol–water partition coefficient (Wildman–Crippen LogP) is 6.39. The highest BCUT2D eigenvalue weighted by Gasteiger charge is 2.11. The molecule has 0 aliphatic carbocycles. The molecule has 0 aliphatic rings. The van der Waals surface area contributed by atoms with Crippen LogP contribution < -0.4 is 14.2 Å². The van der Waals surface area contributed by atoms with Crippen LogP contribution in [-0.4, -0.2) is 29.4 Å². The Kier molecular flexibility index (Phi) is 6.58. The molecule has 5 rings (SSSR count). The lowest BCUT2D eigenvalue weighted by atomic mass is 10.1. The Morgan fingerprint density at radius 3 is 2.33 bits per heavy atom. The zero-order valence-electron chi connectivity index (χ0n) is 19.8. The number of hydrogen-bond donors (Lipinski definition) is 1. The number of ether oxygens (including phenoxy) is 3. The smallest absolute Gasteiger partial charge is 0.371 e. The van der Waals surface area contributed by atoms with E-state index in [1.807, 2.05) is 72.9 Å². The van der Waals surface area contributed by atoms with Gasteiger partial charge in [-0.2, -0.15) is 0 Å². The average molecular weight is 480 g/mol. The van der Waals surface area contributed by atoms with Gasteiger partial charge in [-0.15, -0.1) is 0 Å². The summed E-state index contributed by atoms with van der Waals surface area (Å²) >= 11 is 0. The molecule has 4 aromatic carbocycles. The molecule has 0 saturated carbocycles. The van der Waals surface area contributed by atoms with Crippen LogP contribution in [0.1, 0.15) is 5.56 Å². The summed E-state index contributed by atoms with van der Waals surface area (Å²) in [6, 6.07) is 28.6. The third kappa shape index (κ3) is 5.18. The van der Waals surface area contributed by atoms with Crippen LogP contribution in [0, 0.1) is 0 Å². The minimum atomic E-state index is -1.14. The molecule has 0 atom stereocenters. The summed E-state index contributed by atoms with van der Waals surface area (Å²) in [5, 5.41) is 12.8. The highest BCUT2D eigenvalue weighted by Crippen LogP contribution is 2.24. The van der Waals surface area contributed by atoms with Gasteiger partial charge in [0.1, 0.15) is 23.9 Å². The van der Waals surface area contributed by atoms with Crippen molar-refractivity contribution in [3.63, 3.8) is 0 Å². The molecule has 0 aliphatic heterocycles. The van der Waals surface area contributed by atoms with E-state index in [4.69, 9.17) is 14.2 Å². The maximum absolute atomic E-state index is 11.8. The lowest BCUT2D eigenvalue weighted by Crippen LogP contribution is -2.08. The summed E-state index contributed by atoms with van der Waals surface area (Å²) in [7, 11) is 1.66. The van der Waals surface area contributed by atoms with E-state index < -0.39 is 5.97 Å². The summed E-state index contributed by atoms with van der Waals surface area (Å²) in [6.45, 7) is 1.19. The summed E-state index contributed by atoms with van der Waals surface area (Å²) < 4.78 is 19.0. The van der Waals surface area contributed by atoms with E-state index in [-0.39, 0.29) is 5.76 Å². The molecule has 180 valence electrons. The molecule has 0 bridgehead atoms. The number of aliphatic carboxylic acids is 1. The maximum atomic E-state index is 11.8. The molecule has 1 aromatic heterocycles. The number of hydrogen-bond acceptors (Lipinski definition) is 4. The molecule has 0 amide bonds. The largest absolute Gasteiger partial charge is 0.497 e. The molecule has 36 heavy (non-hydrogen) atoms. The number of nitrogens with zero attached hydrogens (tertiary/aromatic N) is 1. The van der Waals surface area contributed by atoms with E-state index in [1.165, 1.54) is 6.08 Å². The minimum absolute atomic E-state index is 0.157. The first-order valence-electron chi connectivity index (χ1n) is 11.6.